The highest BCUT2D eigenvalue weighted by molar-refractivity contribution is 7.19. The van der Waals surface area contributed by atoms with Gasteiger partial charge in [0.25, 0.3) is 0 Å². The number of fused-ring (bicyclic) bond motifs is 1. The maximum atomic E-state index is 11.0. The summed E-state index contributed by atoms with van der Waals surface area (Å²) in [7, 11) is 0. The zero-order valence-electron chi connectivity index (χ0n) is 12.0. The molecular formula is C17H17NO2S. The molecule has 108 valence electrons. The second-order valence-electron chi connectivity index (χ2n) is 5.06. The third-order valence-corrected chi connectivity index (χ3v) is 4.82. The van der Waals surface area contributed by atoms with Crippen LogP contribution in [0.15, 0.2) is 48.8 Å². The lowest BCUT2D eigenvalue weighted by atomic mass is 9.95. The van der Waals surface area contributed by atoms with E-state index in [1.165, 1.54) is 4.70 Å². The fourth-order valence-electron chi connectivity index (χ4n) is 2.29. The monoisotopic (exact) mass is 299 g/mol. The van der Waals surface area contributed by atoms with E-state index in [1.807, 2.05) is 31.2 Å². The van der Waals surface area contributed by atoms with Gasteiger partial charge < -0.3 is 9.84 Å². The van der Waals surface area contributed by atoms with Crippen molar-refractivity contribution in [1.82, 2.24) is 4.98 Å². The molecule has 1 unspecified atom stereocenters. The highest BCUT2D eigenvalue weighted by Crippen LogP contribution is 2.37. The van der Waals surface area contributed by atoms with E-state index in [0.29, 0.717) is 12.4 Å². The minimum absolute atomic E-state index is 0.580. The van der Waals surface area contributed by atoms with E-state index >= 15 is 0 Å². The molecule has 0 saturated carbocycles. The van der Waals surface area contributed by atoms with Crippen molar-refractivity contribution >= 4 is 21.4 Å². The largest absolute Gasteiger partial charge is 0.492 e. The molecule has 1 N–H and O–H groups in total. The normalized spacial score (nSPS) is 14.0. The zero-order chi connectivity index (χ0) is 14.9. The molecule has 2 aromatic heterocycles. The van der Waals surface area contributed by atoms with Crippen molar-refractivity contribution in [2.75, 3.05) is 6.61 Å². The van der Waals surface area contributed by atoms with Crippen molar-refractivity contribution in [3.8, 4) is 5.75 Å². The van der Waals surface area contributed by atoms with Crippen LogP contribution in [0.5, 0.6) is 5.75 Å². The molecule has 0 radical (unpaired) electrons. The molecule has 2 heterocycles. The van der Waals surface area contributed by atoms with Gasteiger partial charge in [-0.2, -0.15) is 0 Å². The summed E-state index contributed by atoms with van der Waals surface area (Å²) in [5.41, 5.74) is -0.343. The van der Waals surface area contributed by atoms with Crippen LogP contribution in [-0.4, -0.2) is 16.7 Å². The second kappa shape index (κ2) is 5.47. The molecule has 0 amide bonds. The van der Waals surface area contributed by atoms with E-state index in [2.05, 4.69) is 17.1 Å². The number of thiophene rings is 1. The highest BCUT2D eigenvalue weighted by atomic mass is 32.1. The number of benzene rings is 1. The molecule has 1 aromatic carbocycles. The summed E-state index contributed by atoms with van der Waals surface area (Å²) in [6.45, 7) is 4.30. The first-order valence-electron chi connectivity index (χ1n) is 6.91. The van der Waals surface area contributed by atoms with Crippen molar-refractivity contribution < 1.29 is 9.84 Å². The molecular weight excluding hydrogens is 282 g/mol. The highest BCUT2D eigenvalue weighted by Gasteiger charge is 2.28. The summed E-state index contributed by atoms with van der Waals surface area (Å²) in [6.07, 6.45) is 3.35. The average molecular weight is 299 g/mol. The quantitative estimate of drug-likeness (QED) is 0.793. The first-order chi connectivity index (χ1) is 10.1. The number of nitrogens with zero attached hydrogens (tertiary/aromatic N) is 1. The van der Waals surface area contributed by atoms with E-state index in [1.54, 1.807) is 30.7 Å². The SMILES string of the molecule is CCOc1cncc(C(C)(O)c2cc3ccccc3s2)c1. The summed E-state index contributed by atoms with van der Waals surface area (Å²) < 4.78 is 6.63. The van der Waals surface area contributed by atoms with Gasteiger partial charge in [0.1, 0.15) is 11.4 Å². The van der Waals surface area contributed by atoms with Gasteiger partial charge in [-0.1, -0.05) is 18.2 Å². The van der Waals surface area contributed by atoms with Crippen LogP contribution >= 0.6 is 11.3 Å². The summed E-state index contributed by atoms with van der Waals surface area (Å²) in [5, 5.41) is 12.1. The van der Waals surface area contributed by atoms with Gasteiger partial charge in [-0.15, -0.1) is 11.3 Å². The Kier molecular flexibility index (Phi) is 3.66. The van der Waals surface area contributed by atoms with Gasteiger partial charge in [-0.05, 0) is 37.4 Å². The molecule has 3 nitrogen and oxygen atoms in total. The number of ether oxygens (including phenoxy) is 1. The van der Waals surface area contributed by atoms with Crippen LogP contribution in [0.25, 0.3) is 10.1 Å². The summed E-state index contributed by atoms with van der Waals surface area (Å²) in [6, 6.07) is 12.0. The fraction of sp³-hybridized carbons (Fsp3) is 0.235. The lowest BCUT2D eigenvalue weighted by Crippen LogP contribution is -2.21. The molecule has 1 atom stereocenters. The predicted molar refractivity (Wildman–Crippen MR) is 85.9 cm³/mol. The standard InChI is InChI=1S/C17H17NO2S/c1-3-20-14-9-13(10-18-11-14)17(2,19)16-8-12-6-4-5-7-15(12)21-16/h4-11,19H,3H2,1-2H3. The lowest BCUT2D eigenvalue weighted by Gasteiger charge is -2.22. The fourth-order valence-corrected chi connectivity index (χ4v) is 3.43. The van der Waals surface area contributed by atoms with Gasteiger partial charge in [0, 0.05) is 21.3 Å². The van der Waals surface area contributed by atoms with Gasteiger partial charge in [-0.25, -0.2) is 0 Å². The van der Waals surface area contributed by atoms with Crippen LogP contribution in [-0.2, 0) is 5.60 Å². The molecule has 0 fully saturated rings. The molecule has 21 heavy (non-hydrogen) atoms. The van der Waals surface area contributed by atoms with Gasteiger partial charge in [0.05, 0.1) is 12.8 Å². The van der Waals surface area contributed by atoms with Crippen LogP contribution < -0.4 is 4.74 Å². The van der Waals surface area contributed by atoms with Gasteiger partial charge >= 0.3 is 0 Å². The Hall–Kier alpha value is -1.91. The number of rotatable bonds is 4. The van der Waals surface area contributed by atoms with Gasteiger partial charge in [-0.3, -0.25) is 4.98 Å². The Bertz CT molecular complexity index is 731. The third kappa shape index (κ3) is 2.64. The van der Waals surface area contributed by atoms with E-state index in [9.17, 15) is 5.11 Å². The van der Waals surface area contributed by atoms with Crippen molar-refractivity contribution in [3.05, 3.63) is 59.2 Å². The summed E-state index contributed by atoms with van der Waals surface area (Å²) in [4.78, 5) is 5.07. The number of hydrogen-bond acceptors (Lipinski definition) is 4. The maximum Gasteiger partial charge on any atom is 0.137 e. The average Bonchev–Trinajstić information content (AvgIpc) is 2.92. The van der Waals surface area contributed by atoms with Crippen LogP contribution in [0.2, 0.25) is 0 Å². The first kappa shape index (κ1) is 14.0. The Morgan fingerprint density at radius 1 is 1.24 bits per heavy atom. The van der Waals surface area contributed by atoms with Crippen molar-refractivity contribution in [2.45, 2.75) is 19.4 Å². The number of pyridine rings is 1. The van der Waals surface area contributed by atoms with Crippen LogP contribution in [0, 0.1) is 0 Å². The van der Waals surface area contributed by atoms with Crippen LogP contribution in [0.4, 0.5) is 0 Å². The number of aliphatic hydroxyl groups is 1. The molecule has 3 aromatic rings. The van der Waals surface area contributed by atoms with E-state index in [-0.39, 0.29) is 0 Å². The Labute approximate surface area is 127 Å². The summed E-state index contributed by atoms with van der Waals surface area (Å²) in [5.74, 6) is 0.677. The summed E-state index contributed by atoms with van der Waals surface area (Å²) >= 11 is 1.60. The molecule has 0 bridgehead atoms. The minimum Gasteiger partial charge on any atom is -0.492 e. The Balaban J connectivity index is 2.04. The van der Waals surface area contributed by atoms with E-state index < -0.39 is 5.60 Å². The van der Waals surface area contributed by atoms with Gasteiger partial charge in [0.15, 0.2) is 0 Å². The predicted octanol–water partition coefficient (Wildman–Crippen LogP) is 3.95. The third-order valence-electron chi connectivity index (χ3n) is 3.49. The van der Waals surface area contributed by atoms with Crippen LogP contribution in [0.3, 0.4) is 0 Å². The molecule has 0 saturated heterocycles. The zero-order valence-corrected chi connectivity index (χ0v) is 12.9. The smallest absolute Gasteiger partial charge is 0.137 e. The minimum atomic E-state index is -1.08. The van der Waals surface area contributed by atoms with Crippen LogP contribution in [0.1, 0.15) is 24.3 Å². The topological polar surface area (TPSA) is 42.4 Å². The van der Waals surface area contributed by atoms with E-state index in [0.717, 1.165) is 15.8 Å². The second-order valence-corrected chi connectivity index (χ2v) is 6.15. The molecule has 4 heteroatoms. The van der Waals surface area contributed by atoms with Crippen molar-refractivity contribution in [1.29, 1.82) is 0 Å². The lowest BCUT2D eigenvalue weighted by molar-refractivity contribution is 0.105. The molecule has 0 spiro atoms. The van der Waals surface area contributed by atoms with E-state index in [4.69, 9.17) is 4.74 Å². The Morgan fingerprint density at radius 3 is 2.81 bits per heavy atom. The number of hydrogen-bond donors (Lipinski definition) is 1. The maximum absolute atomic E-state index is 11.0. The van der Waals surface area contributed by atoms with Crippen molar-refractivity contribution in [2.24, 2.45) is 0 Å². The molecule has 3 rings (SSSR count). The molecule has 0 aliphatic carbocycles. The Morgan fingerprint density at radius 2 is 2.05 bits per heavy atom. The van der Waals surface area contributed by atoms with Gasteiger partial charge in [0.2, 0.25) is 0 Å². The first-order valence-corrected chi connectivity index (χ1v) is 7.72. The molecule has 0 aliphatic heterocycles. The molecule has 0 aliphatic rings. The number of aromatic nitrogens is 1. The van der Waals surface area contributed by atoms with Crippen molar-refractivity contribution in [3.63, 3.8) is 0 Å².